The van der Waals surface area contributed by atoms with Gasteiger partial charge in [-0.15, -0.1) is 0 Å². The number of carbonyl (C=O) groups excluding carboxylic acids is 1. The van der Waals surface area contributed by atoms with Crippen LogP contribution in [0.25, 0.3) is 0 Å². The summed E-state index contributed by atoms with van der Waals surface area (Å²) in [5, 5.41) is 0. The maximum absolute atomic E-state index is 14.3. The summed E-state index contributed by atoms with van der Waals surface area (Å²) >= 11 is 0. The summed E-state index contributed by atoms with van der Waals surface area (Å²) in [6, 6.07) is 11.9. The highest BCUT2D eigenvalue weighted by Crippen LogP contribution is 2.24. The first-order chi connectivity index (χ1) is 11.1. The average Bonchev–Trinajstić information content (AvgIpc) is 2.95. The van der Waals surface area contributed by atoms with Crippen LogP contribution in [0.5, 0.6) is 0 Å². The normalized spacial score (nSPS) is 12.6. The van der Waals surface area contributed by atoms with Crippen LogP contribution < -0.4 is 0 Å². The standard InChI is InChI=1S/C18H22FNO3/c1-4-22-18(23-5-2)17(21)15-11-12-16(19)20(15)13(3)14-9-7-6-8-10-14/h6-13,18H,4-5H2,1-3H3/t13-/m1/s1. The van der Waals surface area contributed by atoms with E-state index < -0.39 is 12.2 Å². The molecule has 2 rings (SSSR count). The van der Waals surface area contributed by atoms with Crippen molar-refractivity contribution in [3.63, 3.8) is 0 Å². The largest absolute Gasteiger partial charge is 0.346 e. The van der Waals surface area contributed by atoms with Crippen LogP contribution in [0.15, 0.2) is 42.5 Å². The Bertz CT molecular complexity index is 633. The monoisotopic (exact) mass is 319 g/mol. The summed E-state index contributed by atoms with van der Waals surface area (Å²) in [5.41, 5.74) is 1.16. The molecule has 1 atom stereocenters. The highest BCUT2D eigenvalue weighted by Gasteiger charge is 2.27. The van der Waals surface area contributed by atoms with Gasteiger partial charge in [-0.3, -0.25) is 4.79 Å². The van der Waals surface area contributed by atoms with E-state index in [0.29, 0.717) is 13.2 Å². The minimum Gasteiger partial charge on any atom is -0.346 e. The molecule has 0 radical (unpaired) electrons. The van der Waals surface area contributed by atoms with Gasteiger partial charge in [-0.05, 0) is 38.5 Å². The van der Waals surface area contributed by atoms with Crippen LogP contribution in [-0.4, -0.2) is 29.9 Å². The van der Waals surface area contributed by atoms with Gasteiger partial charge < -0.3 is 14.0 Å². The zero-order chi connectivity index (χ0) is 16.8. The third kappa shape index (κ3) is 3.86. The van der Waals surface area contributed by atoms with Crippen molar-refractivity contribution in [1.82, 2.24) is 4.57 Å². The lowest BCUT2D eigenvalue weighted by Gasteiger charge is -2.21. The molecule has 0 saturated heterocycles. The molecule has 0 aliphatic carbocycles. The van der Waals surface area contributed by atoms with E-state index in [0.717, 1.165) is 5.56 Å². The van der Waals surface area contributed by atoms with Gasteiger partial charge in [0.15, 0.2) is 5.95 Å². The van der Waals surface area contributed by atoms with Gasteiger partial charge in [-0.1, -0.05) is 30.3 Å². The van der Waals surface area contributed by atoms with Crippen molar-refractivity contribution in [2.45, 2.75) is 33.1 Å². The van der Waals surface area contributed by atoms with Gasteiger partial charge in [0.25, 0.3) is 0 Å². The molecule has 0 saturated carbocycles. The van der Waals surface area contributed by atoms with Crippen molar-refractivity contribution < 1.29 is 18.7 Å². The molecule has 5 heteroatoms. The number of hydrogen-bond acceptors (Lipinski definition) is 3. The first-order valence-corrected chi connectivity index (χ1v) is 7.79. The zero-order valence-corrected chi connectivity index (χ0v) is 13.7. The molecular formula is C18H22FNO3. The Labute approximate surface area is 135 Å². The summed E-state index contributed by atoms with van der Waals surface area (Å²) in [6.45, 7) is 6.10. The maximum atomic E-state index is 14.3. The van der Waals surface area contributed by atoms with E-state index in [9.17, 15) is 9.18 Å². The fourth-order valence-corrected chi connectivity index (χ4v) is 2.52. The Morgan fingerprint density at radius 1 is 1.09 bits per heavy atom. The van der Waals surface area contributed by atoms with Crippen LogP contribution in [0.3, 0.4) is 0 Å². The van der Waals surface area contributed by atoms with Crippen LogP contribution in [-0.2, 0) is 9.47 Å². The lowest BCUT2D eigenvalue weighted by molar-refractivity contribution is -0.107. The third-order valence-corrected chi connectivity index (χ3v) is 3.64. The van der Waals surface area contributed by atoms with E-state index in [4.69, 9.17) is 9.47 Å². The predicted molar refractivity (Wildman–Crippen MR) is 86.0 cm³/mol. The van der Waals surface area contributed by atoms with E-state index >= 15 is 0 Å². The van der Waals surface area contributed by atoms with Crippen molar-refractivity contribution in [3.05, 3.63) is 59.7 Å². The number of ketones is 1. The number of hydrogen-bond donors (Lipinski definition) is 0. The molecule has 0 amide bonds. The van der Waals surface area contributed by atoms with E-state index in [1.807, 2.05) is 37.3 Å². The molecule has 0 bridgehead atoms. The quantitative estimate of drug-likeness (QED) is 0.548. The number of nitrogens with zero attached hydrogens (tertiary/aromatic N) is 1. The van der Waals surface area contributed by atoms with E-state index in [2.05, 4.69) is 0 Å². The van der Waals surface area contributed by atoms with Crippen molar-refractivity contribution in [2.24, 2.45) is 0 Å². The van der Waals surface area contributed by atoms with Crippen molar-refractivity contribution in [3.8, 4) is 0 Å². The summed E-state index contributed by atoms with van der Waals surface area (Å²) in [5.74, 6) is -0.836. The maximum Gasteiger partial charge on any atom is 0.235 e. The van der Waals surface area contributed by atoms with Crippen LogP contribution in [0.2, 0.25) is 0 Å². The first kappa shape index (κ1) is 17.4. The number of aromatic nitrogens is 1. The SMILES string of the molecule is CCOC(OCC)C(=O)c1ccc(F)n1[C@H](C)c1ccccc1. The Hall–Kier alpha value is -1.98. The summed E-state index contributed by atoms with van der Waals surface area (Å²) in [6.07, 6.45) is -1.01. The Balaban J connectivity index is 2.36. The Kier molecular flexibility index (Phi) is 6.07. The van der Waals surface area contributed by atoms with Gasteiger partial charge in [0, 0.05) is 13.2 Å². The molecule has 23 heavy (non-hydrogen) atoms. The predicted octanol–water partition coefficient (Wildman–Crippen LogP) is 3.82. The summed E-state index contributed by atoms with van der Waals surface area (Å²) < 4.78 is 26.3. The fourth-order valence-electron chi connectivity index (χ4n) is 2.52. The first-order valence-electron chi connectivity index (χ1n) is 7.79. The number of halogens is 1. The minimum atomic E-state index is -1.01. The fraction of sp³-hybridized carbons (Fsp3) is 0.389. The number of carbonyl (C=O) groups is 1. The van der Waals surface area contributed by atoms with Gasteiger partial charge >= 0.3 is 0 Å². The van der Waals surface area contributed by atoms with Crippen LogP contribution >= 0.6 is 0 Å². The zero-order valence-electron chi connectivity index (χ0n) is 13.7. The van der Waals surface area contributed by atoms with Gasteiger partial charge in [0.2, 0.25) is 12.1 Å². The number of benzene rings is 1. The molecule has 0 unspecified atom stereocenters. The van der Waals surface area contributed by atoms with Gasteiger partial charge in [0.1, 0.15) is 0 Å². The lowest BCUT2D eigenvalue weighted by Crippen LogP contribution is -2.30. The summed E-state index contributed by atoms with van der Waals surface area (Å²) in [7, 11) is 0. The topological polar surface area (TPSA) is 40.5 Å². The molecule has 0 N–H and O–H groups in total. The van der Waals surface area contributed by atoms with Crippen molar-refractivity contribution in [1.29, 1.82) is 0 Å². The van der Waals surface area contributed by atoms with Crippen LogP contribution in [0, 0.1) is 5.95 Å². The number of Topliss-reactive ketones (excluding diaryl/α,β-unsaturated/α-hetero) is 1. The van der Waals surface area contributed by atoms with E-state index in [1.165, 1.54) is 16.7 Å². The molecule has 0 fully saturated rings. The van der Waals surface area contributed by atoms with Gasteiger partial charge in [-0.25, -0.2) is 0 Å². The highest BCUT2D eigenvalue weighted by atomic mass is 19.1. The molecule has 0 aliphatic heterocycles. The van der Waals surface area contributed by atoms with Crippen molar-refractivity contribution >= 4 is 5.78 Å². The lowest BCUT2D eigenvalue weighted by atomic mass is 10.1. The molecule has 1 aromatic carbocycles. The van der Waals surface area contributed by atoms with Gasteiger partial charge in [-0.2, -0.15) is 4.39 Å². The summed E-state index contributed by atoms with van der Waals surface area (Å²) in [4.78, 5) is 12.7. The second-order valence-electron chi connectivity index (χ2n) is 5.10. The second kappa shape index (κ2) is 8.04. The van der Waals surface area contributed by atoms with Crippen LogP contribution in [0.4, 0.5) is 4.39 Å². The molecule has 0 aliphatic rings. The van der Waals surface area contributed by atoms with Gasteiger partial charge in [0.05, 0.1) is 11.7 Å². The molecule has 4 nitrogen and oxygen atoms in total. The molecule has 124 valence electrons. The highest BCUT2D eigenvalue weighted by molar-refractivity contribution is 5.97. The van der Waals surface area contributed by atoms with E-state index in [-0.39, 0.29) is 17.5 Å². The molecule has 1 aromatic heterocycles. The molecule has 1 heterocycles. The molecule has 0 spiro atoms. The Morgan fingerprint density at radius 3 is 2.26 bits per heavy atom. The van der Waals surface area contributed by atoms with Crippen molar-refractivity contribution in [2.75, 3.05) is 13.2 Å². The number of ether oxygens (including phenoxy) is 2. The Morgan fingerprint density at radius 2 is 1.70 bits per heavy atom. The smallest absolute Gasteiger partial charge is 0.235 e. The number of rotatable bonds is 8. The van der Waals surface area contributed by atoms with E-state index in [1.54, 1.807) is 13.8 Å². The molecule has 2 aromatic rings. The van der Waals surface area contributed by atoms with Crippen LogP contribution in [0.1, 0.15) is 42.9 Å². The molecular weight excluding hydrogens is 297 g/mol. The second-order valence-corrected chi connectivity index (χ2v) is 5.10. The minimum absolute atomic E-state index is 0.241. The third-order valence-electron chi connectivity index (χ3n) is 3.64. The average molecular weight is 319 g/mol.